The standard InChI is InChI=1S/C14H16N6OS2/c1-9-7-11(20(3)18-9)15-12(21)8-23-14-17-16-13(19(14)2)10-5-4-6-22-10/h4-7H,8H2,1-3H3,(H,15,21). The maximum atomic E-state index is 12.1. The van der Waals surface area contributed by atoms with Crippen LogP contribution >= 0.6 is 23.1 Å². The summed E-state index contributed by atoms with van der Waals surface area (Å²) in [6, 6.07) is 5.81. The summed E-state index contributed by atoms with van der Waals surface area (Å²) >= 11 is 2.97. The Bertz CT molecular complexity index is 821. The van der Waals surface area contributed by atoms with E-state index in [0.29, 0.717) is 11.0 Å². The van der Waals surface area contributed by atoms with E-state index < -0.39 is 0 Å². The number of hydrogen-bond donors (Lipinski definition) is 1. The molecule has 3 rings (SSSR count). The third kappa shape index (κ3) is 3.45. The van der Waals surface area contributed by atoms with Crippen molar-refractivity contribution in [3.63, 3.8) is 0 Å². The van der Waals surface area contributed by atoms with Gasteiger partial charge in [-0.3, -0.25) is 9.48 Å². The minimum Gasteiger partial charge on any atom is -0.310 e. The lowest BCUT2D eigenvalue weighted by molar-refractivity contribution is -0.113. The van der Waals surface area contributed by atoms with E-state index in [1.807, 2.05) is 42.1 Å². The maximum Gasteiger partial charge on any atom is 0.235 e. The van der Waals surface area contributed by atoms with Gasteiger partial charge < -0.3 is 9.88 Å². The largest absolute Gasteiger partial charge is 0.310 e. The second kappa shape index (κ2) is 6.55. The highest BCUT2D eigenvalue weighted by Crippen LogP contribution is 2.26. The molecule has 0 atom stereocenters. The van der Waals surface area contributed by atoms with Gasteiger partial charge in [-0.2, -0.15) is 5.10 Å². The number of amides is 1. The van der Waals surface area contributed by atoms with E-state index in [1.165, 1.54) is 11.8 Å². The summed E-state index contributed by atoms with van der Waals surface area (Å²) in [6.07, 6.45) is 0. The highest BCUT2D eigenvalue weighted by atomic mass is 32.2. The Morgan fingerprint density at radius 3 is 2.87 bits per heavy atom. The van der Waals surface area contributed by atoms with E-state index in [-0.39, 0.29) is 11.7 Å². The van der Waals surface area contributed by atoms with Crippen molar-refractivity contribution in [2.75, 3.05) is 11.1 Å². The molecule has 3 aromatic heterocycles. The minimum absolute atomic E-state index is 0.0985. The normalized spacial score (nSPS) is 10.9. The van der Waals surface area contributed by atoms with E-state index in [0.717, 1.165) is 16.4 Å². The van der Waals surface area contributed by atoms with Crippen LogP contribution in [-0.4, -0.2) is 36.2 Å². The summed E-state index contributed by atoms with van der Waals surface area (Å²) in [7, 11) is 3.70. The van der Waals surface area contributed by atoms with Gasteiger partial charge in [0.1, 0.15) is 5.82 Å². The Morgan fingerprint density at radius 2 is 2.22 bits per heavy atom. The van der Waals surface area contributed by atoms with Crippen LogP contribution in [-0.2, 0) is 18.9 Å². The predicted molar refractivity (Wildman–Crippen MR) is 91.6 cm³/mol. The number of aromatic nitrogens is 5. The summed E-state index contributed by atoms with van der Waals surface area (Å²) in [6.45, 7) is 1.88. The second-order valence-corrected chi connectivity index (χ2v) is 6.86. The molecule has 0 aliphatic rings. The van der Waals surface area contributed by atoms with Gasteiger partial charge in [0.05, 0.1) is 16.3 Å². The van der Waals surface area contributed by atoms with E-state index in [4.69, 9.17) is 0 Å². The van der Waals surface area contributed by atoms with Crippen molar-refractivity contribution in [3.05, 3.63) is 29.3 Å². The number of aryl methyl sites for hydroxylation is 2. The van der Waals surface area contributed by atoms with Crippen LogP contribution in [0.5, 0.6) is 0 Å². The van der Waals surface area contributed by atoms with E-state index in [2.05, 4.69) is 20.6 Å². The predicted octanol–water partition coefficient (Wildman–Crippen LogP) is 2.32. The molecule has 120 valence electrons. The number of rotatable bonds is 5. The number of carbonyl (C=O) groups excluding carboxylic acids is 1. The molecule has 0 bridgehead atoms. The van der Waals surface area contributed by atoms with Crippen LogP contribution in [0.1, 0.15) is 5.69 Å². The van der Waals surface area contributed by atoms with Crippen LogP contribution in [0, 0.1) is 6.92 Å². The van der Waals surface area contributed by atoms with Crippen molar-refractivity contribution in [2.45, 2.75) is 12.1 Å². The van der Waals surface area contributed by atoms with E-state index >= 15 is 0 Å². The molecule has 1 N–H and O–H groups in total. The first-order valence-electron chi connectivity index (χ1n) is 6.91. The molecular weight excluding hydrogens is 332 g/mol. The van der Waals surface area contributed by atoms with Crippen LogP contribution in [0.2, 0.25) is 0 Å². The lowest BCUT2D eigenvalue weighted by Crippen LogP contribution is -2.16. The summed E-state index contributed by atoms with van der Waals surface area (Å²) in [4.78, 5) is 13.1. The average molecular weight is 348 g/mol. The first kappa shape index (κ1) is 15.8. The van der Waals surface area contributed by atoms with E-state index in [9.17, 15) is 4.79 Å². The Balaban J connectivity index is 1.62. The van der Waals surface area contributed by atoms with Gasteiger partial charge in [0.15, 0.2) is 11.0 Å². The van der Waals surface area contributed by atoms with Gasteiger partial charge in [-0.25, -0.2) is 0 Å². The minimum atomic E-state index is -0.0985. The molecule has 7 nitrogen and oxygen atoms in total. The SMILES string of the molecule is Cc1cc(NC(=O)CSc2nnc(-c3cccs3)n2C)n(C)n1. The fourth-order valence-corrected chi connectivity index (χ4v) is 3.55. The summed E-state index contributed by atoms with van der Waals surface area (Å²) in [5, 5.41) is 18.1. The van der Waals surface area contributed by atoms with Crippen molar-refractivity contribution >= 4 is 34.8 Å². The molecule has 3 aromatic rings. The van der Waals surface area contributed by atoms with Gasteiger partial charge in [-0.1, -0.05) is 17.8 Å². The molecule has 0 aliphatic heterocycles. The maximum absolute atomic E-state index is 12.1. The van der Waals surface area contributed by atoms with Crippen molar-refractivity contribution < 1.29 is 4.79 Å². The number of nitrogens with zero attached hydrogens (tertiary/aromatic N) is 5. The molecule has 3 heterocycles. The Morgan fingerprint density at radius 1 is 1.39 bits per heavy atom. The van der Waals surface area contributed by atoms with E-state index in [1.54, 1.807) is 23.1 Å². The quantitative estimate of drug-likeness (QED) is 0.716. The zero-order valence-corrected chi connectivity index (χ0v) is 14.6. The average Bonchev–Trinajstić information content (AvgIpc) is 3.19. The number of anilines is 1. The van der Waals surface area contributed by atoms with Crippen molar-refractivity contribution in [3.8, 4) is 10.7 Å². The third-order valence-electron chi connectivity index (χ3n) is 3.18. The molecule has 0 fully saturated rings. The smallest absolute Gasteiger partial charge is 0.235 e. The third-order valence-corrected chi connectivity index (χ3v) is 5.06. The number of nitrogens with one attached hydrogen (secondary N) is 1. The van der Waals surface area contributed by atoms with Crippen LogP contribution in [0.3, 0.4) is 0 Å². The fourth-order valence-electron chi connectivity index (χ4n) is 2.10. The molecular formula is C14H16N6OS2. The molecule has 0 saturated heterocycles. The number of thioether (sulfide) groups is 1. The molecule has 0 unspecified atom stereocenters. The first-order valence-corrected chi connectivity index (χ1v) is 8.77. The Labute approximate surface area is 141 Å². The molecule has 9 heteroatoms. The second-order valence-electron chi connectivity index (χ2n) is 4.97. The van der Waals surface area contributed by atoms with Crippen LogP contribution in [0.25, 0.3) is 10.7 Å². The molecule has 0 spiro atoms. The number of thiophene rings is 1. The van der Waals surface area contributed by atoms with Gasteiger partial charge in [-0.15, -0.1) is 21.5 Å². The topological polar surface area (TPSA) is 77.6 Å². The molecule has 0 aromatic carbocycles. The first-order chi connectivity index (χ1) is 11.0. The summed E-state index contributed by atoms with van der Waals surface area (Å²) < 4.78 is 3.55. The monoisotopic (exact) mass is 348 g/mol. The lowest BCUT2D eigenvalue weighted by atomic mass is 10.4. The zero-order valence-electron chi connectivity index (χ0n) is 13.0. The van der Waals surface area contributed by atoms with Gasteiger partial charge in [-0.05, 0) is 18.4 Å². The lowest BCUT2D eigenvalue weighted by Gasteiger charge is -2.05. The van der Waals surface area contributed by atoms with Gasteiger partial charge in [0, 0.05) is 20.2 Å². The van der Waals surface area contributed by atoms with Crippen LogP contribution < -0.4 is 5.32 Å². The van der Waals surface area contributed by atoms with Crippen molar-refractivity contribution in [1.29, 1.82) is 0 Å². The van der Waals surface area contributed by atoms with Crippen molar-refractivity contribution in [1.82, 2.24) is 24.5 Å². The summed E-state index contributed by atoms with van der Waals surface area (Å²) in [5.41, 5.74) is 0.865. The van der Waals surface area contributed by atoms with Crippen LogP contribution in [0.15, 0.2) is 28.7 Å². The molecule has 0 radical (unpaired) electrons. The Kier molecular flexibility index (Phi) is 4.49. The highest BCUT2D eigenvalue weighted by Gasteiger charge is 2.14. The number of hydrogen-bond acceptors (Lipinski definition) is 6. The number of carbonyl (C=O) groups is 1. The molecule has 0 aliphatic carbocycles. The zero-order chi connectivity index (χ0) is 16.4. The molecule has 0 saturated carbocycles. The highest BCUT2D eigenvalue weighted by molar-refractivity contribution is 7.99. The summed E-state index contributed by atoms with van der Waals surface area (Å²) in [5.74, 6) is 1.66. The van der Waals surface area contributed by atoms with Gasteiger partial charge in [0.25, 0.3) is 0 Å². The van der Waals surface area contributed by atoms with Crippen LogP contribution in [0.4, 0.5) is 5.82 Å². The van der Waals surface area contributed by atoms with Gasteiger partial charge in [0.2, 0.25) is 5.91 Å². The molecule has 1 amide bonds. The van der Waals surface area contributed by atoms with Gasteiger partial charge >= 0.3 is 0 Å². The molecule has 23 heavy (non-hydrogen) atoms. The fraction of sp³-hybridized carbons (Fsp3) is 0.286. The Hall–Kier alpha value is -2.13. The van der Waals surface area contributed by atoms with Crippen molar-refractivity contribution in [2.24, 2.45) is 14.1 Å².